The van der Waals surface area contributed by atoms with Gasteiger partial charge in [-0.15, -0.1) is 0 Å². The number of nitrogens with zero attached hydrogens (tertiary/aromatic N) is 3. The molecule has 2 N–H and O–H groups in total. The van der Waals surface area contributed by atoms with Crippen LogP contribution in [0, 0.1) is 12.3 Å². The Kier molecular flexibility index (Phi) is 4.36. The molecule has 2 aliphatic heterocycles. The molecule has 7 nitrogen and oxygen atoms in total. The summed E-state index contributed by atoms with van der Waals surface area (Å²) in [5, 5.41) is 0. The highest BCUT2D eigenvalue weighted by Gasteiger charge is 2.51. The van der Waals surface area contributed by atoms with Crippen molar-refractivity contribution in [3.05, 3.63) is 30.2 Å². The van der Waals surface area contributed by atoms with Gasteiger partial charge >= 0.3 is 0 Å². The van der Waals surface area contributed by atoms with Crippen LogP contribution in [0.2, 0.25) is 0 Å². The summed E-state index contributed by atoms with van der Waals surface area (Å²) >= 11 is 0. The molecule has 0 unspecified atom stereocenters. The van der Waals surface area contributed by atoms with Gasteiger partial charge in [0.1, 0.15) is 11.8 Å². The maximum absolute atomic E-state index is 6.32. The highest BCUT2D eigenvalue weighted by Crippen LogP contribution is 2.49. The molecule has 3 fully saturated rings. The first-order valence-electron chi connectivity index (χ1n) is 9.92. The summed E-state index contributed by atoms with van der Waals surface area (Å²) in [7, 11) is 0. The lowest BCUT2D eigenvalue weighted by molar-refractivity contribution is -0.191. The molecule has 2 saturated heterocycles. The van der Waals surface area contributed by atoms with Crippen LogP contribution >= 0.6 is 0 Å². The second-order valence-electron chi connectivity index (χ2n) is 8.19. The monoisotopic (exact) mass is 382 g/mol. The third-order valence-corrected chi connectivity index (χ3v) is 6.02. The second kappa shape index (κ2) is 6.90. The van der Waals surface area contributed by atoms with Gasteiger partial charge in [-0.05, 0) is 31.9 Å². The fourth-order valence-electron chi connectivity index (χ4n) is 4.32. The zero-order chi connectivity index (χ0) is 19.1. The summed E-state index contributed by atoms with van der Waals surface area (Å²) in [6.45, 7) is 6.83. The van der Waals surface area contributed by atoms with E-state index in [1.165, 1.54) is 0 Å². The summed E-state index contributed by atoms with van der Waals surface area (Å²) in [6, 6.07) is 4.10. The van der Waals surface area contributed by atoms with Crippen LogP contribution in [0.4, 0.5) is 11.4 Å². The van der Waals surface area contributed by atoms with Gasteiger partial charge in [0.15, 0.2) is 0 Å². The van der Waals surface area contributed by atoms with E-state index in [2.05, 4.69) is 16.0 Å². The Labute approximate surface area is 164 Å². The number of anilines is 2. The maximum Gasteiger partial charge on any atom is 0.237 e. The molecule has 3 aliphatic rings. The van der Waals surface area contributed by atoms with Crippen molar-refractivity contribution in [1.29, 1.82) is 0 Å². The van der Waals surface area contributed by atoms with Gasteiger partial charge < -0.3 is 24.8 Å². The number of nitrogen functional groups attached to an aromatic ring is 1. The van der Waals surface area contributed by atoms with Crippen LogP contribution in [0.15, 0.2) is 24.5 Å². The van der Waals surface area contributed by atoms with Gasteiger partial charge in [0.25, 0.3) is 0 Å². The molecule has 0 radical (unpaired) electrons. The van der Waals surface area contributed by atoms with E-state index in [0.29, 0.717) is 30.2 Å². The Morgan fingerprint density at radius 1 is 1.11 bits per heavy atom. The summed E-state index contributed by atoms with van der Waals surface area (Å²) in [5.41, 5.74) is 10.9. The van der Waals surface area contributed by atoms with Crippen molar-refractivity contribution in [2.24, 2.45) is 5.41 Å². The molecule has 2 aromatic rings. The van der Waals surface area contributed by atoms with Gasteiger partial charge in [0.05, 0.1) is 38.3 Å². The molecule has 148 valence electrons. The van der Waals surface area contributed by atoms with E-state index in [1.807, 2.05) is 19.2 Å². The lowest BCUT2D eigenvalue weighted by atomic mass is 9.65. The number of rotatable bonds is 4. The highest BCUT2D eigenvalue weighted by atomic mass is 16.5. The molecule has 1 spiro atoms. The standard InChI is InChI=1S/C21H26N4O3/c1-14-18(7-16(22)11-23-14)15-6-19(25-2-4-26-5-3-25)20(24-10-15)28-17-8-21(9-17)12-27-13-21/h6-7,10-11,17H,2-5,8-9,12-13,22H2,1H3. The molecule has 28 heavy (non-hydrogen) atoms. The Morgan fingerprint density at radius 2 is 1.89 bits per heavy atom. The van der Waals surface area contributed by atoms with Crippen molar-refractivity contribution < 1.29 is 14.2 Å². The molecule has 0 bridgehead atoms. The molecular weight excluding hydrogens is 356 g/mol. The maximum atomic E-state index is 6.32. The van der Waals surface area contributed by atoms with Crippen LogP contribution in [-0.4, -0.2) is 55.6 Å². The molecule has 0 aromatic carbocycles. The minimum atomic E-state index is 0.220. The molecule has 5 rings (SSSR count). The number of aromatic nitrogens is 2. The smallest absolute Gasteiger partial charge is 0.237 e. The SMILES string of the molecule is Cc1ncc(N)cc1-c1cnc(OC2CC3(COC3)C2)c(N2CCOCC2)c1. The quantitative estimate of drug-likeness (QED) is 0.869. The third kappa shape index (κ3) is 3.18. The van der Waals surface area contributed by atoms with Gasteiger partial charge in [-0.25, -0.2) is 4.98 Å². The van der Waals surface area contributed by atoms with Crippen molar-refractivity contribution in [3.8, 4) is 17.0 Å². The van der Waals surface area contributed by atoms with Crippen LogP contribution in [0.25, 0.3) is 11.1 Å². The molecule has 0 amide bonds. The Hall–Kier alpha value is -2.38. The van der Waals surface area contributed by atoms with Crippen LogP contribution in [-0.2, 0) is 9.47 Å². The first kappa shape index (κ1) is 17.7. The highest BCUT2D eigenvalue weighted by molar-refractivity contribution is 5.73. The fraction of sp³-hybridized carbons (Fsp3) is 0.524. The van der Waals surface area contributed by atoms with Crippen molar-refractivity contribution >= 4 is 11.4 Å². The van der Waals surface area contributed by atoms with Crippen molar-refractivity contribution in [1.82, 2.24) is 9.97 Å². The lowest BCUT2D eigenvalue weighted by Gasteiger charge is -2.52. The predicted octanol–water partition coefficient (Wildman–Crippen LogP) is 2.43. The van der Waals surface area contributed by atoms with Crippen molar-refractivity contribution in [2.75, 3.05) is 50.2 Å². The summed E-state index contributed by atoms with van der Waals surface area (Å²) < 4.78 is 17.2. The van der Waals surface area contributed by atoms with Gasteiger partial charge in [-0.3, -0.25) is 4.98 Å². The minimum absolute atomic E-state index is 0.220. The number of ether oxygens (including phenoxy) is 3. The average Bonchev–Trinajstić information content (AvgIpc) is 2.65. The van der Waals surface area contributed by atoms with E-state index in [1.54, 1.807) is 6.20 Å². The molecule has 1 saturated carbocycles. The largest absolute Gasteiger partial charge is 0.473 e. The van der Waals surface area contributed by atoms with E-state index in [-0.39, 0.29) is 6.10 Å². The van der Waals surface area contributed by atoms with E-state index in [9.17, 15) is 0 Å². The zero-order valence-corrected chi connectivity index (χ0v) is 16.2. The van der Waals surface area contributed by atoms with Crippen molar-refractivity contribution in [2.45, 2.75) is 25.9 Å². The number of nitrogens with two attached hydrogens (primary N) is 1. The topological polar surface area (TPSA) is 82.7 Å². The second-order valence-corrected chi connectivity index (χ2v) is 8.19. The average molecular weight is 382 g/mol. The Balaban J connectivity index is 1.45. The molecular formula is C21H26N4O3. The van der Waals surface area contributed by atoms with E-state index in [0.717, 1.165) is 61.7 Å². The van der Waals surface area contributed by atoms with E-state index in [4.69, 9.17) is 24.9 Å². The first-order chi connectivity index (χ1) is 13.6. The Bertz CT molecular complexity index is 870. The molecule has 0 atom stereocenters. The lowest BCUT2D eigenvalue weighted by Crippen LogP contribution is -2.56. The number of aryl methyl sites for hydroxylation is 1. The summed E-state index contributed by atoms with van der Waals surface area (Å²) in [6.07, 6.45) is 5.87. The number of hydrogen-bond acceptors (Lipinski definition) is 7. The normalized spacial score (nSPS) is 21.2. The van der Waals surface area contributed by atoms with E-state index < -0.39 is 0 Å². The number of pyridine rings is 2. The number of morpholine rings is 1. The van der Waals surface area contributed by atoms with Crippen LogP contribution in [0.3, 0.4) is 0 Å². The van der Waals surface area contributed by atoms with Gasteiger partial charge in [0, 0.05) is 41.5 Å². The minimum Gasteiger partial charge on any atom is -0.473 e. The molecule has 4 heterocycles. The van der Waals surface area contributed by atoms with E-state index >= 15 is 0 Å². The fourth-order valence-corrected chi connectivity index (χ4v) is 4.32. The van der Waals surface area contributed by atoms with Gasteiger partial charge in [-0.2, -0.15) is 0 Å². The first-order valence-corrected chi connectivity index (χ1v) is 9.92. The van der Waals surface area contributed by atoms with Crippen LogP contribution in [0.5, 0.6) is 5.88 Å². The zero-order valence-electron chi connectivity index (χ0n) is 16.2. The van der Waals surface area contributed by atoms with Crippen molar-refractivity contribution in [3.63, 3.8) is 0 Å². The molecule has 7 heteroatoms. The third-order valence-electron chi connectivity index (χ3n) is 6.02. The number of hydrogen-bond donors (Lipinski definition) is 1. The summed E-state index contributed by atoms with van der Waals surface area (Å²) in [5.74, 6) is 0.709. The molecule has 2 aromatic heterocycles. The predicted molar refractivity (Wildman–Crippen MR) is 107 cm³/mol. The van der Waals surface area contributed by atoms with Crippen LogP contribution in [0.1, 0.15) is 18.5 Å². The Morgan fingerprint density at radius 3 is 2.61 bits per heavy atom. The van der Waals surface area contributed by atoms with Crippen LogP contribution < -0.4 is 15.4 Å². The van der Waals surface area contributed by atoms with Gasteiger partial charge in [0.2, 0.25) is 5.88 Å². The summed E-state index contributed by atoms with van der Waals surface area (Å²) in [4.78, 5) is 11.4. The van der Waals surface area contributed by atoms with Gasteiger partial charge in [-0.1, -0.05) is 0 Å². The molecule has 1 aliphatic carbocycles.